The van der Waals surface area contributed by atoms with Crippen molar-refractivity contribution in [3.8, 4) is 0 Å². The Hall–Kier alpha value is -0.170. The average molecular weight is 231 g/mol. The Bertz CT molecular complexity index is 239. The van der Waals surface area contributed by atoms with Crippen LogP contribution < -0.4 is 5.73 Å². The SMILES string of the molecule is CC(=O)OC(=O)CC[C@H](N)C(=O)O.[Ca+2].[H-].[H-]. The number of ether oxygens (including phenoxy) is 1. The van der Waals surface area contributed by atoms with Crippen molar-refractivity contribution in [3.05, 3.63) is 0 Å². The number of carbonyl (C=O) groups excluding carboxylic acids is 2. The van der Waals surface area contributed by atoms with Crippen molar-refractivity contribution in [1.82, 2.24) is 0 Å². The standard InChI is InChI=1S/C7H11NO5.Ca.2H/c1-4(9)13-6(10)3-2-5(8)7(11)12;;;/h5H,2-3,8H2,1H3,(H,11,12);;;/q;+2;2*-1/t5-;;;/m0.../s1. The van der Waals surface area contributed by atoms with Gasteiger partial charge in [-0.05, 0) is 6.42 Å². The van der Waals surface area contributed by atoms with Crippen molar-refractivity contribution in [2.75, 3.05) is 0 Å². The van der Waals surface area contributed by atoms with E-state index in [1.54, 1.807) is 0 Å². The summed E-state index contributed by atoms with van der Waals surface area (Å²) in [4.78, 5) is 31.1. The van der Waals surface area contributed by atoms with Crippen molar-refractivity contribution in [1.29, 1.82) is 0 Å². The molecule has 0 rings (SSSR count). The second-order valence-electron chi connectivity index (χ2n) is 2.45. The van der Waals surface area contributed by atoms with Crippen molar-refractivity contribution in [3.63, 3.8) is 0 Å². The molecule has 0 heterocycles. The number of hydrogen-bond acceptors (Lipinski definition) is 5. The smallest absolute Gasteiger partial charge is 1.00 e. The number of aliphatic carboxylic acids is 1. The predicted octanol–water partition coefficient (Wildman–Crippen LogP) is -0.888. The summed E-state index contributed by atoms with van der Waals surface area (Å²) < 4.78 is 4.15. The van der Waals surface area contributed by atoms with Gasteiger partial charge in [-0.25, -0.2) is 0 Å². The van der Waals surface area contributed by atoms with Gasteiger partial charge in [0.05, 0.1) is 0 Å². The van der Waals surface area contributed by atoms with Crippen molar-refractivity contribution in [2.45, 2.75) is 25.8 Å². The molecule has 0 saturated heterocycles. The number of rotatable bonds is 4. The van der Waals surface area contributed by atoms with E-state index < -0.39 is 23.9 Å². The molecule has 3 N–H and O–H groups in total. The van der Waals surface area contributed by atoms with Crippen LogP contribution >= 0.6 is 0 Å². The van der Waals surface area contributed by atoms with Gasteiger partial charge in [0.25, 0.3) is 0 Å². The van der Waals surface area contributed by atoms with E-state index in [0.717, 1.165) is 6.92 Å². The quantitative estimate of drug-likeness (QED) is 0.369. The molecule has 0 aliphatic rings. The zero-order valence-corrected chi connectivity index (χ0v) is 10.1. The molecule has 0 amide bonds. The summed E-state index contributed by atoms with van der Waals surface area (Å²) in [5.74, 6) is -2.66. The molecule has 0 aromatic carbocycles. The van der Waals surface area contributed by atoms with Crippen LogP contribution in [-0.2, 0) is 19.1 Å². The molecule has 0 unspecified atom stereocenters. The Morgan fingerprint density at radius 2 is 2.00 bits per heavy atom. The Morgan fingerprint density at radius 3 is 2.36 bits per heavy atom. The van der Waals surface area contributed by atoms with Crippen molar-refractivity contribution >= 4 is 55.6 Å². The average Bonchev–Trinajstić information content (AvgIpc) is 1.98. The third-order valence-corrected chi connectivity index (χ3v) is 1.23. The summed E-state index contributed by atoms with van der Waals surface area (Å²) in [6.45, 7) is 1.09. The molecule has 0 aliphatic carbocycles. The van der Waals surface area contributed by atoms with E-state index in [1.165, 1.54) is 0 Å². The predicted molar refractivity (Wildman–Crippen MR) is 49.6 cm³/mol. The van der Waals surface area contributed by atoms with Gasteiger partial charge in [-0.2, -0.15) is 0 Å². The van der Waals surface area contributed by atoms with E-state index >= 15 is 0 Å². The third-order valence-electron chi connectivity index (χ3n) is 1.23. The summed E-state index contributed by atoms with van der Waals surface area (Å²) >= 11 is 0. The zero-order valence-electron chi connectivity index (χ0n) is 9.86. The fourth-order valence-electron chi connectivity index (χ4n) is 0.608. The molecule has 0 bridgehead atoms. The van der Waals surface area contributed by atoms with Gasteiger partial charge < -0.3 is 18.4 Å². The van der Waals surface area contributed by atoms with Crippen LogP contribution in [0.1, 0.15) is 22.6 Å². The second kappa shape index (κ2) is 8.16. The maximum absolute atomic E-state index is 10.7. The summed E-state index contributed by atoms with van der Waals surface area (Å²) in [5, 5.41) is 8.33. The Labute approximate surface area is 114 Å². The van der Waals surface area contributed by atoms with Crippen LogP contribution in [0.25, 0.3) is 0 Å². The molecule has 78 valence electrons. The van der Waals surface area contributed by atoms with E-state index in [0.29, 0.717) is 0 Å². The Balaban J connectivity index is -0.000000240. The maximum Gasteiger partial charge on any atom is 2.00 e. The van der Waals surface area contributed by atoms with Crippen LogP contribution in [0.15, 0.2) is 0 Å². The topological polar surface area (TPSA) is 107 Å². The van der Waals surface area contributed by atoms with Gasteiger partial charge in [0.15, 0.2) is 0 Å². The summed E-state index contributed by atoms with van der Waals surface area (Å²) in [7, 11) is 0. The first kappa shape index (κ1) is 16.3. The zero-order chi connectivity index (χ0) is 10.4. The molecule has 6 nitrogen and oxygen atoms in total. The number of carbonyl (C=O) groups is 3. The van der Waals surface area contributed by atoms with E-state index in [4.69, 9.17) is 10.8 Å². The summed E-state index contributed by atoms with van der Waals surface area (Å²) in [6.07, 6.45) is -0.214. The molecule has 7 heteroatoms. The van der Waals surface area contributed by atoms with E-state index in [9.17, 15) is 14.4 Å². The third kappa shape index (κ3) is 8.43. The molecule has 0 radical (unpaired) electrons. The first-order valence-corrected chi connectivity index (χ1v) is 3.63. The van der Waals surface area contributed by atoms with E-state index in [-0.39, 0.29) is 53.4 Å². The number of hydrogen-bond donors (Lipinski definition) is 2. The van der Waals surface area contributed by atoms with Crippen LogP contribution in [0, 0.1) is 0 Å². The first-order valence-electron chi connectivity index (χ1n) is 3.63. The molecular formula is C7H13CaNO5. The molecule has 0 spiro atoms. The van der Waals surface area contributed by atoms with E-state index in [2.05, 4.69) is 4.74 Å². The number of nitrogens with two attached hydrogens (primary N) is 1. The molecule has 0 saturated carbocycles. The number of esters is 2. The molecule has 0 aromatic rings. The monoisotopic (exact) mass is 231 g/mol. The van der Waals surface area contributed by atoms with Gasteiger partial charge in [-0.15, -0.1) is 0 Å². The largest absolute Gasteiger partial charge is 2.00 e. The van der Waals surface area contributed by atoms with Crippen LogP contribution in [0.2, 0.25) is 0 Å². The first-order chi connectivity index (χ1) is 5.93. The minimum Gasteiger partial charge on any atom is -1.00 e. The Morgan fingerprint density at radius 1 is 1.50 bits per heavy atom. The van der Waals surface area contributed by atoms with Crippen molar-refractivity contribution in [2.24, 2.45) is 5.73 Å². The molecular weight excluding hydrogens is 218 g/mol. The van der Waals surface area contributed by atoms with Crippen LogP contribution in [0.5, 0.6) is 0 Å². The Kier molecular flexibility index (Phi) is 9.49. The van der Waals surface area contributed by atoms with Crippen LogP contribution in [0.4, 0.5) is 0 Å². The van der Waals surface area contributed by atoms with Crippen molar-refractivity contribution < 1.29 is 27.1 Å². The maximum atomic E-state index is 10.7. The van der Waals surface area contributed by atoms with Gasteiger partial charge >= 0.3 is 55.6 Å². The normalized spacial score (nSPS) is 11.0. The van der Waals surface area contributed by atoms with Crippen LogP contribution in [-0.4, -0.2) is 66.8 Å². The van der Waals surface area contributed by atoms with Gasteiger partial charge in [0, 0.05) is 13.3 Å². The summed E-state index contributed by atoms with van der Waals surface area (Å²) in [6, 6.07) is -1.10. The van der Waals surface area contributed by atoms with Gasteiger partial charge in [-0.1, -0.05) is 0 Å². The fraction of sp³-hybridized carbons (Fsp3) is 0.571. The van der Waals surface area contributed by atoms with Crippen LogP contribution in [0.3, 0.4) is 0 Å². The molecule has 0 aromatic heterocycles. The molecule has 0 fully saturated rings. The number of carboxylic acids is 1. The van der Waals surface area contributed by atoms with Gasteiger partial charge in [0.2, 0.25) is 0 Å². The summed E-state index contributed by atoms with van der Waals surface area (Å²) in [5.41, 5.74) is 5.10. The molecule has 14 heavy (non-hydrogen) atoms. The molecule has 0 aliphatic heterocycles. The van der Waals surface area contributed by atoms with E-state index in [1.807, 2.05) is 0 Å². The molecule has 1 atom stereocenters. The minimum absolute atomic E-state index is 0. The van der Waals surface area contributed by atoms with Gasteiger partial charge in [-0.3, -0.25) is 14.4 Å². The second-order valence-corrected chi connectivity index (χ2v) is 2.45. The minimum atomic E-state index is -1.18. The number of carboxylic acid groups (broad SMARTS) is 1. The fourth-order valence-corrected chi connectivity index (χ4v) is 0.608. The van der Waals surface area contributed by atoms with Gasteiger partial charge in [0.1, 0.15) is 6.04 Å².